The van der Waals surface area contributed by atoms with Crippen LogP contribution in [0.25, 0.3) is 64.8 Å². The van der Waals surface area contributed by atoms with E-state index < -0.39 is 65.3 Å². The molecule has 4 aliphatic rings. The van der Waals surface area contributed by atoms with Gasteiger partial charge >= 0.3 is 23.9 Å². The van der Waals surface area contributed by atoms with E-state index in [-0.39, 0.29) is 85.0 Å². The molecule has 0 aromatic carbocycles. The fourth-order valence-corrected chi connectivity index (χ4v) is 13.9. The van der Waals surface area contributed by atoms with Crippen molar-refractivity contribution >= 4 is 131 Å². The van der Waals surface area contributed by atoms with E-state index in [1.165, 1.54) is 119 Å². The third-order valence-corrected chi connectivity index (χ3v) is 19.8. The van der Waals surface area contributed by atoms with E-state index >= 15 is 0 Å². The van der Waals surface area contributed by atoms with Gasteiger partial charge in [0, 0.05) is 48.0 Å². The summed E-state index contributed by atoms with van der Waals surface area (Å²) >= 11 is 0. The molecule has 0 bridgehead atoms. The fourth-order valence-electron chi connectivity index (χ4n) is 13.9. The predicted molar refractivity (Wildman–Crippen MR) is 440 cm³/mol. The molecule has 11 aromatic rings. The van der Waals surface area contributed by atoms with Crippen molar-refractivity contribution in [2.24, 2.45) is 11.5 Å². The number of aldehydes is 3. The fraction of sp³-hybridized carbons (Fsp3) is 0.176. The Morgan fingerprint density at radius 3 is 0.976 bits per heavy atom. The van der Waals surface area contributed by atoms with Crippen molar-refractivity contribution in [3.05, 3.63) is 316 Å². The van der Waals surface area contributed by atoms with Gasteiger partial charge in [-0.25, -0.2) is 9.59 Å². The lowest BCUT2D eigenvalue weighted by Crippen LogP contribution is -2.52. The summed E-state index contributed by atoms with van der Waals surface area (Å²) < 4.78 is 59.6. The van der Waals surface area contributed by atoms with Gasteiger partial charge < -0.3 is 105 Å². The first-order chi connectivity index (χ1) is 59.8. The molecular formula is C91H80N6O27. The Kier molecular flexibility index (Phi) is 28.1. The number of hydrogen-bond donors (Lipinski definition) is 7. The highest BCUT2D eigenvalue weighted by atomic mass is 16.4. The molecule has 0 radical (unpaired) electrons. The number of nitrogens with zero attached hydrogens (tertiary/aromatic N) is 4. The Morgan fingerprint density at radius 1 is 0.379 bits per heavy atom. The molecule has 15 heterocycles. The van der Waals surface area contributed by atoms with Crippen LogP contribution in [0, 0.1) is 0 Å². The Bertz CT molecular complexity index is 5730. The molecule has 33 heteroatoms. The second-order valence-electron chi connectivity index (χ2n) is 27.9. The summed E-state index contributed by atoms with van der Waals surface area (Å²) in [6.07, 6.45) is 29.5. The van der Waals surface area contributed by atoms with Crippen molar-refractivity contribution in [3.63, 3.8) is 0 Å². The molecule has 636 valence electrons. The summed E-state index contributed by atoms with van der Waals surface area (Å²) in [6.45, 7) is 4.80. The number of aliphatic carboxylic acids is 4. The number of carbonyl (C=O) groups excluding carboxylic acids is 7. The van der Waals surface area contributed by atoms with Crippen LogP contribution in [0.5, 0.6) is 0 Å². The highest BCUT2D eigenvalue weighted by Crippen LogP contribution is 2.47. The third-order valence-electron chi connectivity index (χ3n) is 19.8. The van der Waals surface area contributed by atoms with Gasteiger partial charge in [-0.15, -0.1) is 0 Å². The molecular weight excluding hydrogens is 1610 g/mol. The number of carboxylic acids is 4. The number of carbonyl (C=O) groups is 11. The Labute approximate surface area is 703 Å². The monoisotopic (exact) mass is 1690 g/mol. The normalized spacial score (nSPS) is 17.7. The number of furan rings is 11. The molecule has 0 amide bonds. The van der Waals surface area contributed by atoms with E-state index in [1.807, 2.05) is 0 Å². The second-order valence-corrected chi connectivity index (χ2v) is 27.9. The summed E-state index contributed by atoms with van der Waals surface area (Å²) in [5, 5.41) is 47.8. The molecule has 15 rings (SSSR count). The topological polar surface area (TPSA) is 498 Å². The Balaban J connectivity index is 0.000000152. The molecule has 4 aliphatic heterocycles. The largest absolute Gasteiger partial charge is 0.480 e. The highest BCUT2D eigenvalue weighted by molar-refractivity contribution is 6.33. The first-order valence-corrected chi connectivity index (χ1v) is 38.4. The van der Waals surface area contributed by atoms with Crippen molar-refractivity contribution in [2.75, 3.05) is 13.1 Å². The maximum atomic E-state index is 13.7. The van der Waals surface area contributed by atoms with Gasteiger partial charge in [0.1, 0.15) is 64.5 Å². The van der Waals surface area contributed by atoms with Crippen LogP contribution >= 0.6 is 0 Å². The number of Topliss-reactive ketones (excluding diaryl/α,β-unsaturated/α-hetero) is 4. The average molecular weight is 1690 g/mol. The van der Waals surface area contributed by atoms with E-state index in [1.54, 1.807) is 155 Å². The minimum Gasteiger partial charge on any atom is -0.480 e. The van der Waals surface area contributed by atoms with Crippen molar-refractivity contribution < 1.29 is 127 Å². The summed E-state index contributed by atoms with van der Waals surface area (Å²) in [7, 11) is 0. The number of nitrogens with two attached hydrogens (primary N) is 2. The van der Waals surface area contributed by atoms with Crippen LogP contribution in [0.15, 0.2) is 301 Å². The third kappa shape index (κ3) is 19.5. The van der Waals surface area contributed by atoms with Crippen molar-refractivity contribution in [3.8, 4) is 0 Å². The molecule has 124 heavy (non-hydrogen) atoms. The number of hydrogen-bond acceptors (Lipinski definition) is 29. The number of rotatable bonds is 33. The van der Waals surface area contributed by atoms with Crippen LogP contribution in [0.2, 0.25) is 0 Å². The molecule has 33 nitrogen and oxygen atoms in total. The van der Waals surface area contributed by atoms with Crippen molar-refractivity contribution in [1.82, 2.24) is 19.6 Å². The molecule has 5 atom stereocenters. The quantitative estimate of drug-likeness (QED) is 0.0114. The number of allylic oxidation sites excluding steroid dienone is 6. The lowest BCUT2D eigenvalue weighted by atomic mass is 10.00. The smallest absolute Gasteiger partial charge is 0.326 e. The zero-order valence-electron chi connectivity index (χ0n) is 66.4. The van der Waals surface area contributed by atoms with Crippen LogP contribution in [0.3, 0.4) is 0 Å². The maximum Gasteiger partial charge on any atom is 0.326 e. The van der Waals surface area contributed by atoms with Gasteiger partial charge in [0.05, 0.1) is 131 Å². The molecule has 0 saturated carbocycles. The van der Waals surface area contributed by atoms with E-state index in [0.717, 1.165) is 4.90 Å². The highest BCUT2D eigenvalue weighted by Gasteiger charge is 2.54. The molecule has 9 N–H and O–H groups in total. The van der Waals surface area contributed by atoms with Gasteiger partial charge in [-0.1, -0.05) is 0 Å². The molecule has 0 spiro atoms. The lowest BCUT2D eigenvalue weighted by Gasteiger charge is -2.35. The van der Waals surface area contributed by atoms with Gasteiger partial charge in [-0.05, 0) is 211 Å². The summed E-state index contributed by atoms with van der Waals surface area (Å²) in [5.41, 5.74) is 11.8. The molecule has 11 aromatic heterocycles. The van der Waals surface area contributed by atoms with Gasteiger partial charge in [0.15, 0.2) is 41.9 Å². The summed E-state index contributed by atoms with van der Waals surface area (Å²) in [5.74, 6) is -2.33. The van der Waals surface area contributed by atoms with Gasteiger partial charge in [-0.3, -0.25) is 43.2 Å². The predicted octanol–water partition coefficient (Wildman–Crippen LogP) is 13.6. The van der Waals surface area contributed by atoms with Gasteiger partial charge in [0.25, 0.3) is 0 Å². The number of carboxylic acid groups (broad SMARTS) is 4. The van der Waals surface area contributed by atoms with Crippen molar-refractivity contribution in [2.45, 2.75) is 89.2 Å². The Morgan fingerprint density at radius 2 is 0.669 bits per heavy atom. The molecule has 5 unspecified atom stereocenters. The molecule has 0 aliphatic carbocycles. The first kappa shape index (κ1) is 87.4. The van der Waals surface area contributed by atoms with E-state index in [9.17, 15) is 68.1 Å². The molecule has 0 saturated heterocycles. The SMILES string of the molecule is CC(C(=O)O)N1C(c2ccco2)=C(/C(C=O)=C\c2ccco2)C(=O)/C1=C\c1ccco1.CC(C(=O)O)N1C(c2ccco2)=C(c2ccco2)C(=O)C1(C)O.NC(CCCCN1C(c2ccco2)=C(/C(C=O)=C\c2ccco2)C(=O)/C1=C/c1ccco1)C(=O)O.NC(CCCCN1C(c2ccco2)=C(/C(C=O)=C\c2ccco2)C(=O)/C1=C\c1ccco1)C(=O)O. The minimum atomic E-state index is -2.03. The Hall–Kier alpha value is -15.9. The van der Waals surface area contributed by atoms with Crippen LogP contribution < -0.4 is 11.5 Å². The second kappa shape index (κ2) is 39.8. The number of unbranched alkanes of at least 4 members (excludes halogenated alkanes) is 2. The van der Waals surface area contributed by atoms with Gasteiger partial charge in [-0.2, -0.15) is 0 Å². The van der Waals surface area contributed by atoms with Crippen LogP contribution in [-0.2, 0) is 52.7 Å². The van der Waals surface area contributed by atoms with Crippen LogP contribution in [0.1, 0.15) is 123 Å². The number of ketones is 4. The van der Waals surface area contributed by atoms with E-state index in [0.29, 0.717) is 139 Å². The maximum absolute atomic E-state index is 13.7. The van der Waals surface area contributed by atoms with Crippen LogP contribution in [-0.4, -0.2) is 154 Å². The standard InChI is InChI=1S/2C26H24N2O7.C23H17NO7.C16H15NO6/c2*27-20(26(31)32)8-1-2-10-28-21(15-19-7-4-12-34-19)25(30)23(24(28)22-9-5-13-35-22)17(16-29)14-18-6-3-11-33-18;1-14(23(27)28)24-18(12-17-6-3-9-30-17)22(26)20(21(24)19-7-4-10-31-19)15(13-25)11-16-5-2-8-29-16;1-9(15(19)20)17-13(11-6-4-8-23-11)12(10-5-3-7-22-10)14(18)16(17,2)21/h2*3-7,9,11-16,20H,1-2,8,10,27H2,(H,31,32);2-14H,1H3,(H,27,28);3-9,21H,1-2H3,(H,19,20)/b17-14-,21-15+;17-14-,21-15-;15-11-,18-12+;. The zero-order valence-corrected chi connectivity index (χ0v) is 66.4. The summed E-state index contributed by atoms with van der Waals surface area (Å²) in [6, 6.07) is 32.3. The minimum absolute atomic E-state index is 0.00672. The van der Waals surface area contributed by atoms with E-state index in [4.69, 9.17) is 70.3 Å². The van der Waals surface area contributed by atoms with E-state index in [2.05, 4.69) is 0 Å². The first-order valence-electron chi connectivity index (χ1n) is 38.4. The van der Waals surface area contributed by atoms with Crippen LogP contribution in [0.4, 0.5) is 0 Å². The molecule has 0 fully saturated rings. The number of aliphatic hydroxyl groups is 1. The zero-order chi connectivity index (χ0) is 88.3. The summed E-state index contributed by atoms with van der Waals surface area (Å²) in [4.78, 5) is 141. The van der Waals surface area contributed by atoms with Gasteiger partial charge in [0.2, 0.25) is 28.9 Å². The van der Waals surface area contributed by atoms with Crippen molar-refractivity contribution in [1.29, 1.82) is 0 Å². The lowest BCUT2D eigenvalue weighted by molar-refractivity contribution is -0.155. The average Bonchev–Trinajstić information content (AvgIpc) is 1.60.